The normalized spacial score (nSPS) is 10.5. The predicted octanol–water partition coefficient (Wildman–Crippen LogP) is 4.27. The Hall–Kier alpha value is -2.51. The van der Waals surface area contributed by atoms with Crippen molar-refractivity contribution in [1.29, 1.82) is 0 Å². The van der Waals surface area contributed by atoms with Gasteiger partial charge in [0.15, 0.2) is 0 Å². The number of hydrogen-bond acceptors (Lipinski definition) is 6. The molecule has 0 aliphatic heterocycles. The summed E-state index contributed by atoms with van der Waals surface area (Å²) < 4.78 is 10.4. The predicted molar refractivity (Wildman–Crippen MR) is 103 cm³/mol. The first kappa shape index (κ1) is 18.3. The number of thioether (sulfide) groups is 1. The molecule has 2 aromatic carbocycles. The van der Waals surface area contributed by atoms with Crippen molar-refractivity contribution in [2.75, 3.05) is 18.2 Å². The van der Waals surface area contributed by atoms with E-state index in [1.165, 1.54) is 11.8 Å². The van der Waals surface area contributed by atoms with Crippen molar-refractivity contribution >= 4 is 35.0 Å². The van der Waals surface area contributed by atoms with Crippen LogP contribution >= 0.6 is 23.4 Å². The Balaban J connectivity index is 1.48. The van der Waals surface area contributed by atoms with Crippen LogP contribution in [0.5, 0.6) is 5.75 Å². The van der Waals surface area contributed by atoms with E-state index in [-0.39, 0.29) is 11.7 Å². The number of amides is 1. The zero-order valence-electron chi connectivity index (χ0n) is 13.9. The molecule has 0 atom stereocenters. The van der Waals surface area contributed by atoms with Crippen molar-refractivity contribution in [2.24, 2.45) is 0 Å². The molecule has 26 heavy (non-hydrogen) atoms. The van der Waals surface area contributed by atoms with Crippen LogP contribution in [0.3, 0.4) is 0 Å². The van der Waals surface area contributed by atoms with Crippen LogP contribution in [0.2, 0.25) is 5.02 Å². The molecule has 0 spiro atoms. The van der Waals surface area contributed by atoms with Gasteiger partial charge in [-0.05, 0) is 48.5 Å². The summed E-state index contributed by atoms with van der Waals surface area (Å²) in [7, 11) is 1.61. The molecule has 6 nitrogen and oxygen atoms in total. The molecule has 1 N–H and O–H groups in total. The number of nitrogens with one attached hydrogen (secondary N) is 1. The molecule has 0 saturated heterocycles. The molecular formula is C18H16ClN3O3S. The highest BCUT2D eigenvalue weighted by molar-refractivity contribution is 7.99. The Bertz CT molecular complexity index is 866. The van der Waals surface area contributed by atoms with Gasteiger partial charge in [-0.1, -0.05) is 16.8 Å². The lowest BCUT2D eigenvalue weighted by molar-refractivity contribution is -0.113. The van der Waals surface area contributed by atoms with Crippen molar-refractivity contribution < 1.29 is 14.1 Å². The Kier molecular flexibility index (Phi) is 6.14. The van der Waals surface area contributed by atoms with E-state index in [0.717, 1.165) is 11.3 Å². The fourth-order valence-electron chi connectivity index (χ4n) is 2.13. The van der Waals surface area contributed by atoms with Gasteiger partial charge in [-0.25, -0.2) is 0 Å². The van der Waals surface area contributed by atoms with Gasteiger partial charge in [0.05, 0.1) is 18.6 Å². The van der Waals surface area contributed by atoms with Gasteiger partial charge in [0, 0.05) is 16.3 Å². The minimum atomic E-state index is -0.104. The van der Waals surface area contributed by atoms with E-state index >= 15 is 0 Å². The molecule has 0 bridgehead atoms. The largest absolute Gasteiger partial charge is 0.497 e. The Morgan fingerprint density at radius 3 is 2.62 bits per heavy atom. The topological polar surface area (TPSA) is 77.2 Å². The number of hydrogen-bond donors (Lipinski definition) is 1. The summed E-state index contributed by atoms with van der Waals surface area (Å²) in [6.07, 6.45) is 0. The fraction of sp³-hybridized carbons (Fsp3) is 0.167. The van der Waals surface area contributed by atoms with Crippen LogP contribution < -0.4 is 10.1 Å². The summed E-state index contributed by atoms with van der Waals surface area (Å²) in [4.78, 5) is 16.3. The minimum absolute atomic E-state index is 0.104. The summed E-state index contributed by atoms with van der Waals surface area (Å²) in [5.74, 6) is 2.38. The summed E-state index contributed by atoms with van der Waals surface area (Å²) in [6.45, 7) is 0. The first-order chi connectivity index (χ1) is 12.6. The van der Waals surface area contributed by atoms with Gasteiger partial charge in [-0.3, -0.25) is 4.79 Å². The van der Waals surface area contributed by atoms with E-state index < -0.39 is 0 Å². The molecule has 1 aromatic heterocycles. The number of carbonyl (C=O) groups excluding carboxylic acids is 1. The highest BCUT2D eigenvalue weighted by atomic mass is 35.5. The number of anilines is 1. The molecule has 0 radical (unpaired) electrons. The van der Waals surface area contributed by atoms with Crippen LogP contribution in [-0.2, 0) is 10.5 Å². The van der Waals surface area contributed by atoms with Gasteiger partial charge in [0.1, 0.15) is 5.75 Å². The Morgan fingerprint density at radius 2 is 1.92 bits per heavy atom. The molecule has 0 unspecified atom stereocenters. The van der Waals surface area contributed by atoms with Crippen molar-refractivity contribution in [1.82, 2.24) is 10.1 Å². The zero-order chi connectivity index (χ0) is 18.4. The summed E-state index contributed by atoms with van der Waals surface area (Å²) in [5.41, 5.74) is 1.55. The number of aromatic nitrogens is 2. The summed E-state index contributed by atoms with van der Waals surface area (Å²) in [5, 5.41) is 7.39. The highest BCUT2D eigenvalue weighted by Gasteiger charge is 2.10. The average molecular weight is 390 g/mol. The summed E-state index contributed by atoms with van der Waals surface area (Å²) >= 11 is 7.21. The molecule has 8 heteroatoms. The van der Waals surface area contributed by atoms with Gasteiger partial charge in [0.2, 0.25) is 17.6 Å². The molecule has 1 amide bonds. The molecule has 0 aliphatic carbocycles. The van der Waals surface area contributed by atoms with E-state index in [4.69, 9.17) is 20.9 Å². The number of ether oxygens (including phenoxy) is 1. The molecule has 0 saturated carbocycles. The van der Waals surface area contributed by atoms with Crippen molar-refractivity contribution in [2.45, 2.75) is 5.75 Å². The first-order valence-electron chi connectivity index (χ1n) is 7.74. The maximum absolute atomic E-state index is 11.9. The van der Waals surface area contributed by atoms with Crippen LogP contribution in [0.25, 0.3) is 11.4 Å². The van der Waals surface area contributed by atoms with E-state index in [9.17, 15) is 4.79 Å². The van der Waals surface area contributed by atoms with Crippen LogP contribution in [0.4, 0.5) is 5.69 Å². The third kappa shape index (κ3) is 5.00. The second-order valence-corrected chi connectivity index (χ2v) is 6.71. The molecule has 134 valence electrons. The minimum Gasteiger partial charge on any atom is -0.497 e. The van der Waals surface area contributed by atoms with E-state index in [0.29, 0.717) is 28.2 Å². The zero-order valence-corrected chi connectivity index (χ0v) is 15.5. The van der Waals surface area contributed by atoms with Gasteiger partial charge in [0.25, 0.3) is 0 Å². The lowest BCUT2D eigenvalue weighted by Gasteiger charge is -2.04. The standard InChI is InChI=1S/C18H16ClN3O3S/c1-24-15-8-2-12(3-9-15)18-21-17(25-22-18)11-26-10-16(23)20-14-6-4-13(19)5-7-14/h2-9H,10-11H2,1H3,(H,20,23). The third-order valence-electron chi connectivity index (χ3n) is 3.40. The maximum Gasteiger partial charge on any atom is 0.236 e. The molecular weight excluding hydrogens is 374 g/mol. The number of nitrogens with zero attached hydrogens (tertiary/aromatic N) is 2. The number of rotatable bonds is 7. The first-order valence-corrected chi connectivity index (χ1v) is 9.27. The number of methoxy groups -OCH3 is 1. The number of benzene rings is 2. The van der Waals surface area contributed by atoms with Gasteiger partial charge >= 0.3 is 0 Å². The molecule has 1 heterocycles. The smallest absolute Gasteiger partial charge is 0.236 e. The van der Waals surface area contributed by atoms with Crippen LogP contribution in [0.15, 0.2) is 53.1 Å². The van der Waals surface area contributed by atoms with Crippen LogP contribution in [-0.4, -0.2) is 28.9 Å². The SMILES string of the molecule is COc1ccc(-c2noc(CSCC(=O)Nc3ccc(Cl)cc3)n2)cc1. The molecule has 3 aromatic rings. The molecule has 3 rings (SSSR count). The lowest BCUT2D eigenvalue weighted by Crippen LogP contribution is -2.14. The lowest BCUT2D eigenvalue weighted by atomic mass is 10.2. The average Bonchev–Trinajstić information content (AvgIpc) is 3.12. The van der Waals surface area contributed by atoms with Gasteiger partial charge < -0.3 is 14.6 Å². The molecule has 0 fully saturated rings. The van der Waals surface area contributed by atoms with Crippen LogP contribution in [0, 0.1) is 0 Å². The second kappa shape index (κ2) is 8.73. The highest BCUT2D eigenvalue weighted by Crippen LogP contribution is 2.21. The van der Waals surface area contributed by atoms with Crippen molar-refractivity contribution in [3.05, 3.63) is 59.4 Å². The molecule has 0 aliphatic rings. The fourth-order valence-corrected chi connectivity index (χ4v) is 2.91. The van der Waals surface area contributed by atoms with E-state index in [2.05, 4.69) is 15.5 Å². The van der Waals surface area contributed by atoms with Gasteiger partial charge in [-0.15, -0.1) is 11.8 Å². The third-order valence-corrected chi connectivity index (χ3v) is 4.57. The second-order valence-electron chi connectivity index (χ2n) is 5.29. The monoisotopic (exact) mass is 389 g/mol. The van der Waals surface area contributed by atoms with Gasteiger partial charge in [-0.2, -0.15) is 4.98 Å². The summed E-state index contributed by atoms with van der Waals surface area (Å²) in [6, 6.07) is 14.4. The van der Waals surface area contributed by atoms with E-state index in [1.54, 1.807) is 31.4 Å². The van der Waals surface area contributed by atoms with Crippen molar-refractivity contribution in [3.63, 3.8) is 0 Å². The Morgan fingerprint density at radius 1 is 1.19 bits per heavy atom. The maximum atomic E-state index is 11.9. The Labute approximate surface area is 159 Å². The number of halogens is 1. The number of carbonyl (C=O) groups is 1. The van der Waals surface area contributed by atoms with E-state index in [1.807, 2.05) is 24.3 Å². The van der Waals surface area contributed by atoms with Crippen LogP contribution in [0.1, 0.15) is 5.89 Å². The quantitative estimate of drug-likeness (QED) is 0.650. The van der Waals surface area contributed by atoms with Crippen molar-refractivity contribution in [3.8, 4) is 17.1 Å².